The minimum Gasteiger partial charge on any atom is -0.481 e. The van der Waals surface area contributed by atoms with Crippen LogP contribution in [0.5, 0.6) is 0 Å². The van der Waals surface area contributed by atoms with Gasteiger partial charge in [-0.15, -0.1) is 0 Å². The Labute approximate surface area is 119 Å². The van der Waals surface area contributed by atoms with Crippen LogP contribution in [0.3, 0.4) is 0 Å². The lowest BCUT2D eigenvalue weighted by molar-refractivity contribution is -0.138. The molecule has 0 aliphatic heterocycles. The molecule has 0 radical (unpaired) electrons. The average molecular weight is 284 g/mol. The number of fused-ring (bicyclic) bond motifs is 1. The number of hydrogen-bond donors (Lipinski definition) is 1. The zero-order valence-corrected chi connectivity index (χ0v) is 11.2. The van der Waals surface area contributed by atoms with E-state index in [1.807, 2.05) is 0 Å². The first kappa shape index (κ1) is 13.2. The van der Waals surface area contributed by atoms with E-state index in [1.165, 1.54) is 18.8 Å². The van der Waals surface area contributed by atoms with Crippen molar-refractivity contribution in [2.24, 2.45) is 0 Å². The van der Waals surface area contributed by atoms with Crippen molar-refractivity contribution in [2.45, 2.75) is 12.8 Å². The lowest BCUT2D eigenvalue weighted by atomic mass is 9.94. The average Bonchev–Trinajstić information content (AvgIpc) is 3.15. The number of carbonyl (C=O) groups is 2. The topological polar surface area (TPSA) is 80.6 Å². The van der Waals surface area contributed by atoms with E-state index in [9.17, 15) is 9.59 Å². The van der Waals surface area contributed by atoms with Gasteiger partial charge in [0.15, 0.2) is 5.78 Å². The molecule has 21 heavy (non-hydrogen) atoms. The van der Waals surface area contributed by atoms with Crippen molar-refractivity contribution in [3.8, 4) is 0 Å². The zero-order valence-electron chi connectivity index (χ0n) is 11.2. The second-order valence-corrected chi connectivity index (χ2v) is 4.81. The van der Waals surface area contributed by atoms with Crippen molar-refractivity contribution in [2.75, 3.05) is 0 Å². The maximum atomic E-state index is 12.5. The highest BCUT2D eigenvalue weighted by Gasteiger charge is 2.21. The summed E-state index contributed by atoms with van der Waals surface area (Å²) in [4.78, 5) is 23.7. The minimum atomic E-state index is -0.945. The molecule has 0 spiro atoms. The quantitative estimate of drug-likeness (QED) is 0.742. The molecule has 2 heterocycles. The van der Waals surface area contributed by atoms with E-state index in [0.717, 1.165) is 0 Å². The Balaban J connectivity index is 2.18. The molecule has 1 unspecified atom stereocenters. The molecule has 0 saturated carbocycles. The number of carboxylic acid groups (broad SMARTS) is 1. The number of carboxylic acids is 1. The Morgan fingerprint density at radius 1 is 1.19 bits per heavy atom. The van der Waals surface area contributed by atoms with Crippen LogP contribution in [-0.4, -0.2) is 16.9 Å². The maximum Gasteiger partial charge on any atom is 0.310 e. The predicted octanol–water partition coefficient (Wildman–Crippen LogP) is 3.44. The molecule has 106 valence electrons. The smallest absolute Gasteiger partial charge is 0.310 e. The number of ketones is 1. The molecule has 0 saturated heterocycles. The Bertz CT molecular complexity index is 810. The van der Waals surface area contributed by atoms with Crippen LogP contribution in [0.1, 0.15) is 34.3 Å². The highest BCUT2D eigenvalue weighted by Crippen LogP contribution is 2.28. The molecule has 0 aliphatic carbocycles. The summed E-state index contributed by atoms with van der Waals surface area (Å²) in [5.74, 6) is -1.91. The first-order chi connectivity index (χ1) is 10.1. The Morgan fingerprint density at radius 3 is 2.67 bits per heavy atom. The third-order valence-electron chi connectivity index (χ3n) is 3.47. The molecule has 2 aromatic heterocycles. The van der Waals surface area contributed by atoms with Crippen molar-refractivity contribution < 1.29 is 23.5 Å². The van der Waals surface area contributed by atoms with Crippen LogP contribution in [0.2, 0.25) is 0 Å². The maximum absolute atomic E-state index is 12.5. The molecule has 1 atom stereocenters. The van der Waals surface area contributed by atoms with Crippen LogP contribution in [0.25, 0.3) is 11.0 Å². The molecule has 5 nitrogen and oxygen atoms in total. The van der Waals surface area contributed by atoms with E-state index in [1.54, 1.807) is 31.2 Å². The number of hydrogen-bond acceptors (Lipinski definition) is 4. The number of benzene rings is 1. The number of carbonyl (C=O) groups excluding carboxylic acids is 1. The predicted molar refractivity (Wildman–Crippen MR) is 74.4 cm³/mol. The van der Waals surface area contributed by atoms with Gasteiger partial charge in [0.05, 0.1) is 29.6 Å². The molecule has 0 amide bonds. The van der Waals surface area contributed by atoms with E-state index in [0.29, 0.717) is 27.7 Å². The van der Waals surface area contributed by atoms with Gasteiger partial charge in [0.2, 0.25) is 0 Å². The minimum absolute atomic E-state index is 0.261. The second kappa shape index (κ2) is 4.94. The van der Waals surface area contributed by atoms with Gasteiger partial charge >= 0.3 is 5.97 Å². The van der Waals surface area contributed by atoms with E-state index < -0.39 is 11.9 Å². The second-order valence-electron chi connectivity index (χ2n) is 4.81. The molecule has 0 aliphatic rings. The lowest BCUT2D eigenvalue weighted by Gasteiger charge is -2.09. The molecular weight excluding hydrogens is 272 g/mol. The van der Waals surface area contributed by atoms with Gasteiger partial charge in [0.25, 0.3) is 0 Å². The summed E-state index contributed by atoms with van der Waals surface area (Å²) in [6.07, 6.45) is 4.24. The summed E-state index contributed by atoms with van der Waals surface area (Å²) < 4.78 is 10.3. The van der Waals surface area contributed by atoms with Crippen LogP contribution in [0.15, 0.2) is 51.9 Å². The standard InChI is InChI=1S/C16H12O5/c1-9(16(18)19)12-6-10-3-5-21-15(10)13(7-12)14(17)11-2-4-20-8-11/h2-9H,1H3,(H,18,19). The third kappa shape index (κ3) is 2.23. The molecule has 3 rings (SSSR count). The van der Waals surface area contributed by atoms with Crippen LogP contribution >= 0.6 is 0 Å². The van der Waals surface area contributed by atoms with Gasteiger partial charge in [0.1, 0.15) is 11.8 Å². The summed E-state index contributed by atoms with van der Waals surface area (Å²) in [6, 6.07) is 6.56. The summed E-state index contributed by atoms with van der Waals surface area (Å²) in [5.41, 5.74) is 1.74. The van der Waals surface area contributed by atoms with Crippen molar-refractivity contribution in [3.05, 3.63) is 59.7 Å². The fraction of sp³-hybridized carbons (Fsp3) is 0.125. The van der Waals surface area contributed by atoms with Gasteiger partial charge in [-0.3, -0.25) is 9.59 Å². The normalized spacial score (nSPS) is 12.4. The highest BCUT2D eigenvalue weighted by atomic mass is 16.4. The molecule has 5 heteroatoms. The summed E-state index contributed by atoms with van der Waals surface area (Å²) in [5, 5.41) is 9.85. The largest absolute Gasteiger partial charge is 0.481 e. The molecule has 0 fully saturated rings. The van der Waals surface area contributed by atoms with E-state index in [4.69, 9.17) is 13.9 Å². The third-order valence-corrected chi connectivity index (χ3v) is 3.47. The van der Waals surface area contributed by atoms with Gasteiger partial charge in [-0.25, -0.2) is 0 Å². The summed E-state index contributed by atoms with van der Waals surface area (Å²) in [7, 11) is 0. The Hall–Kier alpha value is -2.82. The molecule has 0 bridgehead atoms. The van der Waals surface area contributed by atoms with Crippen LogP contribution in [0.4, 0.5) is 0 Å². The number of furan rings is 2. The Kier molecular flexibility index (Phi) is 3.10. The van der Waals surface area contributed by atoms with Crippen molar-refractivity contribution in [1.29, 1.82) is 0 Å². The molecule has 3 aromatic rings. The van der Waals surface area contributed by atoms with Crippen LogP contribution in [0, 0.1) is 0 Å². The first-order valence-electron chi connectivity index (χ1n) is 6.39. The van der Waals surface area contributed by atoms with E-state index >= 15 is 0 Å². The van der Waals surface area contributed by atoms with Gasteiger partial charge in [-0.2, -0.15) is 0 Å². The fourth-order valence-electron chi connectivity index (χ4n) is 2.22. The van der Waals surface area contributed by atoms with Crippen molar-refractivity contribution in [3.63, 3.8) is 0 Å². The number of rotatable bonds is 4. The summed E-state index contributed by atoms with van der Waals surface area (Å²) >= 11 is 0. The summed E-state index contributed by atoms with van der Waals surface area (Å²) in [6.45, 7) is 1.58. The van der Waals surface area contributed by atoms with Gasteiger partial charge in [0, 0.05) is 5.39 Å². The van der Waals surface area contributed by atoms with Crippen molar-refractivity contribution >= 4 is 22.7 Å². The molecular formula is C16H12O5. The number of aliphatic carboxylic acids is 1. The molecule has 1 N–H and O–H groups in total. The van der Waals surface area contributed by atoms with E-state index in [-0.39, 0.29) is 5.78 Å². The van der Waals surface area contributed by atoms with Gasteiger partial charge < -0.3 is 13.9 Å². The highest BCUT2D eigenvalue weighted by molar-refractivity contribution is 6.15. The van der Waals surface area contributed by atoms with E-state index in [2.05, 4.69) is 0 Å². The van der Waals surface area contributed by atoms with Crippen LogP contribution < -0.4 is 0 Å². The van der Waals surface area contributed by atoms with Crippen LogP contribution in [-0.2, 0) is 4.79 Å². The monoisotopic (exact) mass is 284 g/mol. The SMILES string of the molecule is CC(C(=O)O)c1cc(C(=O)c2ccoc2)c2occc2c1. The lowest BCUT2D eigenvalue weighted by Crippen LogP contribution is -2.09. The zero-order chi connectivity index (χ0) is 15.0. The Morgan fingerprint density at radius 2 is 2.00 bits per heavy atom. The first-order valence-corrected chi connectivity index (χ1v) is 6.39. The van der Waals surface area contributed by atoms with Crippen molar-refractivity contribution in [1.82, 2.24) is 0 Å². The fourth-order valence-corrected chi connectivity index (χ4v) is 2.22. The molecule has 1 aromatic carbocycles. The van der Waals surface area contributed by atoms with Gasteiger partial charge in [-0.05, 0) is 36.8 Å². The van der Waals surface area contributed by atoms with Gasteiger partial charge in [-0.1, -0.05) is 0 Å².